The Bertz CT molecular complexity index is 792. The topological polar surface area (TPSA) is 85.6 Å². The first-order valence-corrected chi connectivity index (χ1v) is 8.14. The molecule has 0 saturated heterocycles. The molecule has 0 aromatic carbocycles. The minimum absolute atomic E-state index is 0.210. The summed E-state index contributed by atoms with van der Waals surface area (Å²) in [7, 11) is 0. The summed E-state index contributed by atoms with van der Waals surface area (Å²) in [5.41, 5.74) is 0.919. The van der Waals surface area contributed by atoms with E-state index in [2.05, 4.69) is 15.4 Å². The number of carbonyl (C=O) groups is 2. The largest absolute Gasteiger partial charge is 0.439 e. The molecule has 2 heterocycles. The van der Waals surface area contributed by atoms with Crippen molar-refractivity contribution in [3.8, 4) is 0 Å². The van der Waals surface area contributed by atoms with Gasteiger partial charge in [-0.3, -0.25) is 4.79 Å². The Kier molecular flexibility index (Phi) is 4.21. The summed E-state index contributed by atoms with van der Waals surface area (Å²) in [4.78, 5) is 27.5. The standard InChI is InChI=1S/C16H19ClN4O3/c1-16(2,3)20-15(23)24-13(9-4-5-9)11-6-12(17)19-14-10(8-22)7-18-21(11)14/h6-9,13H,4-5H2,1-3H3,(H,20,23). The van der Waals surface area contributed by atoms with Crippen molar-refractivity contribution < 1.29 is 14.3 Å². The molecule has 7 nitrogen and oxygen atoms in total. The summed E-state index contributed by atoms with van der Waals surface area (Å²) in [6.07, 6.45) is 3.02. The first kappa shape index (κ1) is 16.7. The molecule has 2 aromatic rings. The molecule has 1 aliphatic carbocycles. The molecule has 8 heteroatoms. The molecule has 1 fully saturated rings. The third-order valence-corrected chi connectivity index (χ3v) is 3.87. The van der Waals surface area contributed by atoms with Crippen LogP contribution in [-0.4, -0.2) is 32.5 Å². The molecule has 1 saturated carbocycles. The number of aldehydes is 1. The normalized spacial score (nSPS) is 16.0. The van der Waals surface area contributed by atoms with Gasteiger partial charge in [-0.2, -0.15) is 5.10 Å². The van der Waals surface area contributed by atoms with Crippen molar-refractivity contribution in [3.63, 3.8) is 0 Å². The zero-order valence-corrected chi connectivity index (χ0v) is 14.5. The third-order valence-electron chi connectivity index (χ3n) is 3.68. The van der Waals surface area contributed by atoms with Gasteiger partial charge in [0.15, 0.2) is 11.9 Å². The Hall–Kier alpha value is -2.15. The molecule has 1 aliphatic rings. The average molecular weight is 351 g/mol. The van der Waals surface area contributed by atoms with Crippen LogP contribution in [0.15, 0.2) is 12.3 Å². The molecule has 0 aliphatic heterocycles. The number of hydrogen-bond donors (Lipinski definition) is 1. The van der Waals surface area contributed by atoms with E-state index >= 15 is 0 Å². The Labute approximate surface area is 144 Å². The van der Waals surface area contributed by atoms with Crippen LogP contribution in [0.3, 0.4) is 0 Å². The fourth-order valence-electron chi connectivity index (χ4n) is 2.51. The van der Waals surface area contributed by atoms with Crippen molar-refractivity contribution in [2.24, 2.45) is 5.92 Å². The van der Waals surface area contributed by atoms with Crippen LogP contribution in [0, 0.1) is 5.92 Å². The number of fused-ring (bicyclic) bond motifs is 1. The van der Waals surface area contributed by atoms with E-state index in [9.17, 15) is 9.59 Å². The summed E-state index contributed by atoms with van der Waals surface area (Å²) in [6, 6.07) is 1.63. The molecule has 128 valence electrons. The van der Waals surface area contributed by atoms with E-state index in [0.29, 0.717) is 23.2 Å². The second kappa shape index (κ2) is 6.05. The van der Waals surface area contributed by atoms with Gasteiger partial charge in [0.25, 0.3) is 0 Å². The number of hydrogen-bond acceptors (Lipinski definition) is 5. The number of carbonyl (C=O) groups excluding carboxylic acids is 2. The molecular formula is C16H19ClN4O3. The predicted molar refractivity (Wildman–Crippen MR) is 88.2 cm³/mol. The van der Waals surface area contributed by atoms with Gasteiger partial charge in [-0.05, 0) is 33.6 Å². The maximum Gasteiger partial charge on any atom is 0.408 e. The van der Waals surface area contributed by atoms with E-state index in [0.717, 1.165) is 12.8 Å². The van der Waals surface area contributed by atoms with Crippen LogP contribution in [0.2, 0.25) is 5.15 Å². The lowest BCUT2D eigenvalue weighted by atomic mass is 10.1. The second-order valence-electron chi connectivity index (χ2n) is 7.00. The van der Waals surface area contributed by atoms with Crippen LogP contribution < -0.4 is 5.32 Å². The number of nitrogens with one attached hydrogen (secondary N) is 1. The highest BCUT2D eigenvalue weighted by atomic mass is 35.5. The van der Waals surface area contributed by atoms with Gasteiger partial charge in [-0.25, -0.2) is 14.3 Å². The predicted octanol–water partition coefficient (Wildman–Crippen LogP) is 3.17. The Morgan fingerprint density at radius 3 is 2.79 bits per heavy atom. The summed E-state index contributed by atoms with van der Waals surface area (Å²) >= 11 is 6.10. The molecule has 3 rings (SSSR count). The maximum absolute atomic E-state index is 12.2. The molecule has 1 atom stereocenters. The fraction of sp³-hybridized carbons (Fsp3) is 0.500. The number of aromatic nitrogens is 3. The van der Waals surface area contributed by atoms with E-state index in [1.54, 1.807) is 6.07 Å². The number of amides is 1. The number of alkyl carbamates (subject to hydrolysis) is 1. The van der Waals surface area contributed by atoms with Gasteiger partial charge < -0.3 is 10.1 Å². The molecule has 0 radical (unpaired) electrons. The van der Waals surface area contributed by atoms with Crippen molar-refractivity contribution in [3.05, 3.63) is 28.7 Å². The van der Waals surface area contributed by atoms with Crippen molar-refractivity contribution in [1.82, 2.24) is 19.9 Å². The van der Waals surface area contributed by atoms with Crippen LogP contribution in [0.1, 0.15) is 55.8 Å². The fourth-order valence-corrected chi connectivity index (χ4v) is 2.70. The van der Waals surface area contributed by atoms with Gasteiger partial charge in [0.05, 0.1) is 17.5 Å². The maximum atomic E-state index is 12.2. The van der Waals surface area contributed by atoms with Crippen LogP contribution in [0.25, 0.3) is 5.65 Å². The van der Waals surface area contributed by atoms with E-state index in [4.69, 9.17) is 16.3 Å². The van der Waals surface area contributed by atoms with Gasteiger partial charge in [-0.1, -0.05) is 11.6 Å². The minimum Gasteiger partial charge on any atom is -0.439 e. The first-order chi connectivity index (χ1) is 11.3. The highest BCUT2D eigenvalue weighted by Gasteiger charge is 2.38. The highest BCUT2D eigenvalue weighted by Crippen LogP contribution is 2.43. The number of nitrogens with zero attached hydrogens (tertiary/aromatic N) is 3. The van der Waals surface area contributed by atoms with Gasteiger partial charge in [0.2, 0.25) is 0 Å². The Morgan fingerprint density at radius 2 is 2.21 bits per heavy atom. The number of rotatable bonds is 4. The summed E-state index contributed by atoms with van der Waals surface area (Å²) in [5, 5.41) is 7.21. The lowest BCUT2D eigenvalue weighted by Crippen LogP contribution is -2.41. The number of halogens is 1. The Balaban J connectivity index is 1.97. The van der Waals surface area contributed by atoms with E-state index < -0.39 is 17.7 Å². The smallest absolute Gasteiger partial charge is 0.408 e. The van der Waals surface area contributed by atoms with Gasteiger partial charge in [-0.15, -0.1) is 0 Å². The van der Waals surface area contributed by atoms with Gasteiger partial charge in [0.1, 0.15) is 11.3 Å². The van der Waals surface area contributed by atoms with Crippen LogP contribution >= 0.6 is 11.6 Å². The monoisotopic (exact) mass is 350 g/mol. The SMILES string of the molecule is CC(C)(C)NC(=O)OC(c1cc(Cl)nc2c(C=O)cnn12)C1CC1. The number of ether oxygens (including phenoxy) is 1. The lowest BCUT2D eigenvalue weighted by Gasteiger charge is -2.24. The van der Waals surface area contributed by atoms with Crippen molar-refractivity contribution in [2.75, 3.05) is 0 Å². The van der Waals surface area contributed by atoms with Crippen LogP contribution in [0.4, 0.5) is 4.79 Å². The van der Waals surface area contributed by atoms with Crippen LogP contribution in [-0.2, 0) is 4.74 Å². The summed E-state index contributed by atoms with van der Waals surface area (Å²) in [6.45, 7) is 5.64. The van der Waals surface area contributed by atoms with E-state index in [1.165, 1.54) is 10.7 Å². The molecule has 1 amide bonds. The van der Waals surface area contributed by atoms with Crippen LogP contribution in [0.5, 0.6) is 0 Å². The Morgan fingerprint density at radius 1 is 1.50 bits per heavy atom. The quantitative estimate of drug-likeness (QED) is 0.676. The summed E-state index contributed by atoms with van der Waals surface area (Å²) in [5.74, 6) is 0.210. The van der Waals surface area contributed by atoms with Gasteiger partial charge >= 0.3 is 6.09 Å². The molecular weight excluding hydrogens is 332 g/mol. The highest BCUT2D eigenvalue weighted by molar-refractivity contribution is 6.29. The lowest BCUT2D eigenvalue weighted by molar-refractivity contribution is 0.0755. The third kappa shape index (κ3) is 3.51. The molecule has 24 heavy (non-hydrogen) atoms. The van der Waals surface area contributed by atoms with Crippen molar-refractivity contribution >= 4 is 29.6 Å². The summed E-state index contributed by atoms with van der Waals surface area (Å²) < 4.78 is 7.17. The molecule has 1 unspecified atom stereocenters. The second-order valence-corrected chi connectivity index (χ2v) is 7.38. The minimum atomic E-state index is -0.497. The zero-order valence-electron chi connectivity index (χ0n) is 13.7. The molecule has 0 bridgehead atoms. The first-order valence-electron chi connectivity index (χ1n) is 7.76. The molecule has 0 spiro atoms. The molecule has 1 N–H and O–H groups in total. The molecule has 2 aromatic heterocycles. The van der Waals surface area contributed by atoms with E-state index in [-0.39, 0.29) is 11.1 Å². The van der Waals surface area contributed by atoms with Gasteiger partial charge in [0, 0.05) is 17.5 Å². The van der Waals surface area contributed by atoms with Crippen molar-refractivity contribution in [1.29, 1.82) is 0 Å². The van der Waals surface area contributed by atoms with E-state index in [1.807, 2.05) is 20.8 Å². The average Bonchev–Trinajstić information content (AvgIpc) is 3.22. The van der Waals surface area contributed by atoms with Crippen molar-refractivity contribution in [2.45, 2.75) is 45.3 Å². The zero-order chi connectivity index (χ0) is 17.5.